The molecule has 0 aromatic rings. The SMILES string of the molecule is CCC1CCC2C(CCC3C2CCC2C(C(C)C)CCC23)C1. The first-order valence-electron chi connectivity index (χ1n) is 10.7. The van der Waals surface area contributed by atoms with Crippen LogP contribution in [0.2, 0.25) is 0 Å². The molecule has 126 valence electrons. The second-order valence-electron chi connectivity index (χ2n) is 9.81. The van der Waals surface area contributed by atoms with E-state index in [2.05, 4.69) is 20.8 Å². The number of fused-ring (bicyclic) bond motifs is 5. The van der Waals surface area contributed by atoms with E-state index in [0.29, 0.717) is 0 Å². The van der Waals surface area contributed by atoms with Crippen molar-refractivity contribution in [2.24, 2.45) is 53.3 Å². The third kappa shape index (κ3) is 2.48. The standard InChI is InChI=1S/C22H38/c1-4-15-5-7-18-16(13-15)6-8-21-20(18)12-11-19-17(14(2)3)9-10-22(19)21/h14-22H,4-13H2,1-3H3. The predicted molar refractivity (Wildman–Crippen MR) is 94.6 cm³/mol. The Hall–Kier alpha value is 0. The third-order valence-electron chi connectivity index (χ3n) is 8.87. The van der Waals surface area contributed by atoms with Crippen LogP contribution in [0.5, 0.6) is 0 Å². The van der Waals surface area contributed by atoms with Gasteiger partial charge in [-0.25, -0.2) is 0 Å². The van der Waals surface area contributed by atoms with Crippen LogP contribution >= 0.6 is 0 Å². The highest BCUT2D eigenvalue weighted by Crippen LogP contribution is 2.60. The fourth-order valence-electron chi connectivity index (χ4n) is 7.85. The molecule has 8 unspecified atom stereocenters. The average molecular weight is 303 g/mol. The van der Waals surface area contributed by atoms with Gasteiger partial charge in [0.2, 0.25) is 0 Å². The van der Waals surface area contributed by atoms with Crippen LogP contribution in [-0.2, 0) is 0 Å². The van der Waals surface area contributed by atoms with Gasteiger partial charge in [0, 0.05) is 0 Å². The van der Waals surface area contributed by atoms with Crippen molar-refractivity contribution in [3.63, 3.8) is 0 Å². The summed E-state index contributed by atoms with van der Waals surface area (Å²) in [7, 11) is 0. The number of hydrogen-bond acceptors (Lipinski definition) is 0. The van der Waals surface area contributed by atoms with E-state index in [1.54, 1.807) is 57.8 Å². The quantitative estimate of drug-likeness (QED) is 0.542. The minimum Gasteiger partial charge on any atom is -0.0651 e. The predicted octanol–water partition coefficient (Wildman–Crippen LogP) is 6.55. The lowest BCUT2D eigenvalue weighted by atomic mass is 9.52. The van der Waals surface area contributed by atoms with Gasteiger partial charge in [0.25, 0.3) is 0 Å². The summed E-state index contributed by atoms with van der Waals surface area (Å²) in [6.45, 7) is 7.40. The molecule has 4 fully saturated rings. The van der Waals surface area contributed by atoms with Crippen molar-refractivity contribution in [3.05, 3.63) is 0 Å². The topological polar surface area (TPSA) is 0 Å². The Labute approximate surface area is 138 Å². The van der Waals surface area contributed by atoms with Gasteiger partial charge in [0.1, 0.15) is 0 Å². The van der Waals surface area contributed by atoms with E-state index in [9.17, 15) is 0 Å². The smallest absolute Gasteiger partial charge is 0.0352 e. The molecule has 8 atom stereocenters. The lowest BCUT2D eigenvalue weighted by molar-refractivity contribution is -0.0366. The number of rotatable bonds is 2. The molecule has 0 saturated heterocycles. The molecule has 22 heavy (non-hydrogen) atoms. The van der Waals surface area contributed by atoms with Gasteiger partial charge in [-0.05, 0) is 105 Å². The Morgan fingerprint density at radius 1 is 0.682 bits per heavy atom. The lowest BCUT2D eigenvalue weighted by Crippen LogP contribution is -2.45. The third-order valence-corrected chi connectivity index (χ3v) is 8.87. The fourth-order valence-corrected chi connectivity index (χ4v) is 7.85. The van der Waals surface area contributed by atoms with Crippen molar-refractivity contribution in [1.82, 2.24) is 0 Å². The second kappa shape index (κ2) is 6.14. The molecule has 0 spiro atoms. The molecule has 0 amide bonds. The van der Waals surface area contributed by atoms with E-state index < -0.39 is 0 Å². The van der Waals surface area contributed by atoms with Crippen molar-refractivity contribution >= 4 is 0 Å². The Balaban J connectivity index is 1.47. The van der Waals surface area contributed by atoms with Crippen molar-refractivity contribution in [3.8, 4) is 0 Å². The fraction of sp³-hybridized carbons (Fsp3) is 1.00. The zero-order chi connectivity index (χ0) is 15.3. The first kappa shape index (κ1) is 15.5. The van der Waals surface area contributed by atoms with Crippen LogP contribution in [0.3, 0.4) is 0 Å². The summed E-state index contributed by atoms with van der Waals surface area (Å²) >= 11 is 0. The summed E-state index contributed by atoms with van der Waals surface area (Å²) in [5, 5.41) is 0. The van der Waals surface area contributed by atoms with E-state index in [4.69, 9.17) is 0 Å². The van der Waals surface area contributed by atoms with E-state index >= 15 is 0 Å². The van der Waals surface area contributed by atoms with Crippen LogP contribution in [0.15, 0.2) is 0 Å². The van der Waals surface area contributed by atoms with Crippen molar-refractivity contribution in [2.75, 3.05) is 0 Å². The molecule has 0 bridgehead atoms. The summed E-state index contributed by atoms with van der Waals surface area (Å²) in [5.74, 6) is 9.87. The highest BCUT2D eigenvalue weighted by atomic mass is 14.6. The monoisotopic (exact) mass is 302 g/mol. The van der Waals surface area contributed by atoms with E-state index in [1.165, 1.54) is 6.42 Å². The van der Waals surface area contributed by atoms with Gasteiger partial charge >= 0.3 is 0 Å². The molecule has 0 radical (unpaired) electrons. The van der Waals surface area contributed by atoms with Crippen LogP contribution < -0.4 is 0 Å². The Morgan fingerprint density at radius 3 is 2.05 bits per heavy atom. The second-order valence-corrected chi connectivity index (χ2v) is 9.81. The normalized spacial score (nSPS) is 51.3. The summed E-state index contributed by atoms with van der Waals surface area (Å²) in [6.07, 6.45) is 15.7. The summed E-state index contributed by atoms with van der Waals surface area (Å²) < 4.78 is 0. The van der Waals surface area contributed by atoms with Crippen LogP contribution in [0.1, 0.15) is 85.0 Å². The molecule has 4 rings (SSSR count). The zero-order valence-corrected chi connectivity index (χ0v) is 15.3. The molecule has 0 heterocycles. The molecule has 4 aliphatic carbocycles. The Bertz CT molecular complexity index is 383. The molecule has 0 N–H and O–H groups in total. The van der Waals surface area contributed by atoms with Crippen LogP contribution in [0.4, 0.5) is 0 Å². The molecule has 0 aromatic heterocycles. The van der Waals surface area contributed by atoms with Crippen molar-refractivity contribution in [1.29, 1.82) is 0 Å². The van der Waals surface area contributed by atoms with Gasteiger partial charge in [0.15, 0.2) is 0 Å². The largest absolute Gasteiger partial charge is 0.0651 e. The van der Waals surface area contributed by atoms with E-state index in [1.807, 2.05) is 0 Å². The zero-order valence-electron chi connectivity index (χ0n) is 15.3. The minimum atomic E-state index is 0.933. The van der Waals surface area contributed by atoms with Gasteiger partial charge in [-0.2, -0.15) is 0 Å². The van der Waals surface area contributed by atoms with E-state index in [0.717, 1.165) is 53.3 Å². The maximum absolute atomic E-state index is 2.49. The summed E-state index contributed by atoms with van der Waals surface area (Å²) in [4.78, 5) is 0. The molecule has 4 saturated carbocycles. The molecule has 0 aromatic carbocycles. The van der Waals surface area contributed by atoms with Gasteiger partial charge in [0.05, 0.1) is 0 Å². The first-order chi connectivity index (χ1) is 10.7. The van der Waals surface area contributed by atoms with Gasteiger partial charge in [-0.1, -0.05) is 33.6 Å². The number of hydrogen-bond donors (Lipinski definition) is 0. The van der Waals surface area contributed by atoms with Gasteiger partial charge in [-0.15, -0.1) is 0 Å². The Kier molecular flexibility index (Phi) is 4.33. The highest BCUT2D eigenvalue weighted by Gasteiger charge is 2.51. The molecular weight excluding hydrogens is 264 g/mol. The Morgan fingerprint density at radius 2 is 1.27 bits per heavy atom. The van der Waals surface area contributed by atoms with E-state index in [-0.39, 0.29) is 0 Å². The van der Waals surface area contributed by atoms with Crippen LogP contribution in [0.25, 0.3) is 0 Å². The maximum Gasteiger partial charge on any atom is -0.0352 e. The average Bonchev–Trinajstić information content (AvgIpc) is 2.98. The van der Waals surface area contributed by atoms with Crippen molar-refractivity contribution < 1.29 is 0 Å². The van der Waals surface area contributed by atoms with Crippen LogP contribution in [0, 0.1) is 53.3 Å². The van der Waals surface area contributed by atoms with Gasteiger partial charge in [-0.3, -0.25) is 0 Å². The highest BCUT2D eigenvalue weighted by molar-refractivity contribution is 5.01. The van der Waals surface area contributed by atoms with Crippen molar-refractivity contribution in [2.45, 2.75) is 85.0 Å². The lowest BCUT2D eigenvalue weighted by Gasteiger charge is -2.53. The molecule has 0 nitrogen and oxygen atoms in total. The van der Waals surface area contributed by atoms with Gasteiger partial charge < -0.3 is 0 Å². The maximum atomic E-state index is 2.49. The molecule has 0 heteroatoms. The van der Waals surface area contributed by atoms with Crippen LogP contribution in [-0.4, -0.2) is 0 Å². The summed E-state index contributed by atoms with van der Waals surface area (Å²) in [6, 6.07) is 0. The first-order valence-corrected chi connectivity index (χ1v) is 10.7. The molecular formula is C22H38. The molecule has 0 aliphatic heterocycles. The molecule has 4 aliphatic rings. The summed E-state index contributed by atoms with van der Waals surface area (Å²) in [5.41, 5.74) is 0. The minimum absolute atomic E-state index is 0.933.